The maximum atomic E-state index is 12.2. The van der Waals surface area contributed by atoms with Crippen LogP contribution in [0.25, 0.3) is 0 Å². The summed E-state index contributed by atoms with van der Waals surface area (Å²) in [5, 5.41) is 7.58. The molecular weight excluding hydrogens is 390 g/mol. The quantitative estimate of drug-likeness (QED) is 0.490. The van der Waals surface area contributed by atoms with Gasteiger partial charge in [0.25, 0.3) is 0 Å². The highest BCUT2D eigenvalue weighted by molar-refractivity contribution is 7.07. The molecule has 0 bridgehead atoms. The highest BCUT2D eigenvalue weighted by Gasteiger charge is 2.04. The fourth-order valence-corrected chi connectivity index (χ4v) is 2.98. The zero-order valence-corrected chi connectivity index (χ0v) is 16.9. The Hall–Kier alpha value is -3.10. The van der Waals surface area contributed by atoms with E-state index < -0.39 is 0 Å². The number of carbonyl (C=O) groups is 1. The number of benzene rings is 2. The number of hydrogen-bond donors (Lipinski definition) is 2. The SMILES string of the molecule is COCCOc1ccc(CNC(=O)Nc2cccc(OCc3cscn3)c2)cc1. The fourth-order valence-electron chi connectivity index (χ4n) is 2.43. The molecule has 0 aliphatic rings. The Bertz CT molecular complexity index is 885. The summed E-state index contributed by atoms with van der Waals surface area (Å²) in [6, 6.07) is 14.5. The summed E-state index contributed by atoms with van der Waals surface area (Å²) in [4.78, 5) is 16.4. The molecule has 0 aliphatic heterocycles. The van der Waals surface area contributed by atoms with E-state index in [9.17, 15) is 4.79 Å². The summed E-state index contributed by atoms with van der Waals surface area (Å²) in [5.41, 5.74) is 4.27. The van der Waals surface area contributed by atoms with E-state index in [2.05, 4.69) is 15.6 Å². The number of urea groups is 1. The lowest BCUT2D eigenvalue weighted by atomic mass is 10.2. The first-order valence-electron chi connectivity index (χ1n) is 9.08. The minimum atomic E-state index is -0.290. The first kappa shape index (κ1) is 20.6. The number of nitrogens with one attached hydrogen (secondary N) is 2. The summed E-state index contributed by atoms with van der Waals surface area (Å²) >= 11 is 1.53. The Morgan fingerprint density at radius 1 is 1.07 bits per heavy atom. The number of thiazole rings is 1. The minimum Gasteiger partial charge on any atom is -0.491 e. The first-order chi connectivity index (χ1) is 14.2. The van der Waals surface area contributed by atoms with Gasteiger partial charge in [-0.1, -0.05) is 18.2 Å². The number of ether oxygens (including phenoxy) is 3. The summed E-state index contributed by atoms with van der Waals surface area (Å²) in [6.45, 7) is 1.85. The zero-order chi connectivity index (χ0) is 20.3. The van der Waals surface area contributed by atoms with E-state index in [-0.39, 0.29) is 6.03 Å². The van der Waals surface area contributed by atoms with E-state index in [1.165, 1.54) is 11.3 Å². The average molecular weight is 413 g/mol. The molecule has 1 heterocycles. The molecule has 2 N–H and O–H groups in total. The first-order valence-corrected chi connectivity index (χ1v) is 10.0. The Kier molecular flexibility index (Phi) is 7.85. The van der Waals surface area contributed by atoms with E-state index in [1.54, 1.807) is 24.8 Å². The molecule has 2 amide bonds. The molecule has 3 aromatic rings. The Labute approximate surface area is 173 Å². The number of anilines is 1. The van der Waals surface area contributed by atoms with Crippen molar-refractivity contribution in [2.75, 3.05) is 25.6 Å². The van der Waals surface area contributed by atoms with E-state index in [4.69, 9.17) is 14.2 Å². The molecule has 0 aliphatic carbocycles. The number of nitrogens with zero attached hydrogens (tertiary/aromatic N) is 1. The van der Waals surface area contributed by atoms with E-state index in [1.807, 2.05) is 41.8 Å². The van der Waals surface area contributed by atoms with Crippen LogP contribution < -0.4 is 20.1 Å². The van der Waals surface area contributed by atoms with Crippen LogP contribution >= 0.6 is 11.3 Å². The molecule has 8 heteroatoms. The molecule has 0 radical (unpaired) electrons. The van der Waals surface area contributed by atoms with E-state index in [0.29, 0.717) is 37.8 Å². The Balaban J connectivity index is 1.43. The van der Waals surface area contributed by atoms with Crippen molar-refractivity contribution in [1.82, 2.24) is 10.3 Å². The highest BCUT2D eigenvalue weighted by atomic mass is 32.1. The van der Waals surface area contributed by atoms with Gasteiger partial charge in [-0.2, -0.15) is 0 Å². The lowest BCUT2D eigenvalue weighted by molar-refractivity contribution is 0.146. The molecular formula is C21H23N3O4S. The van der Waals surface area contributed by atoms with Crippen molar-refractivity contribution in [2.24, 2.45) is 0 Å². The van der Waals surface area contributed by atoms with Crippen molar-refractivity contribution >= 4 is 23.1 Å². The smallest absolute Gasteiger partial charge is 0.319 e. The molecule has 3 rings (SSSR count). The van der Waals surface area contributed by atoms with Gasteiger partial charge in [0.2, 0.25) is 0 Å². The minimum absolute atomic E-state index is 0.290. The van der Waals surface area contributed by atoms with Gasteiger partial charge in [-0.3, -0.25) is 0 Å². The third kappa shape index (κ3) is 7.10. The summed E-state index contributed by atoms with van der Waals surface area (Å²) in [7, 11) is 1.63. The van der Waals surface area contributed by atoms with Crippen LogP contribution in [0.5, 0.6) is 11.5 Å². The fraction of sp³-hybridized carbons (Fsp3) is 0.238. The maximum absolute atomic E-state index is 12.2. The van der Waals surface area contributed by atoms with Gasteiger partial charge in [-0.05, 0) is 29.8 Å². The molecule has 0 spiro atoms. The lowest BCUT2D eigenvalue weighted by Crippen LogP contribution is -2.28. The van der Waals surface area contributed by atoms with Crippen LogP contribution in [0.3, 0.4) is 0 Å². The Morgan fingerprint density at radius 2 is 1.93 bits per heavy atom. The topological polar surface area (TPSA) is 81.7 Å². The van der Waals surface area contributed by atoms with Gasteiger partial charge in [0, 0.05) is 30.8 Å². The average Bonchev–Trinajstić information content (AvgIpc) is 3.26. The maximum Gasteiger partial charge on any atom is 0.319 e. The predicted molar refractivity (Wildman–Crippen MR) is 113 cm³/mol. The largest absolute Gasteiger partial charge is 0.491 e. The van der Waals surface area contributed by atoms with Crippen LogP contribution in [0, 0.1) is 0 Å². The van der Waals surface area contributed by atoms with Crippen LogP contribution in [0.1, 0.15) is 11.3 Å². The number of hydrogen-bond acceptors (Lipinski definition) is 6. The molecule has 0 atom stereocenters. The Morgan fingerprint density at radius 3 is 2.69 bits per heavy atom. The van der Waals surface area contributed by atoms with Crippen LogP contribution in [-0.4, -0.2) is 31.3 Å². The molecule has 0 unspecified atom stereocenters. The zero-order valence-electron chi connectivity index (χ0n) is 16.1. The molecule has 0 fully saturated rings. The van der Waals surface area contributed by atoms with Gasteiger partial charge in [0.15, 0.2) is 0 Å². The van der Waals surface area contributed by atoms with Gasteiger partial charge < -0.3 is 24.8 Å². The van der Waals surface area contributed by atoms with Crippen LogP contribution in [0.4, 0.5) is 10.5 Å². The number of methoxy groups -OCH3 is 1. The van der Waals surface area contributed by atoms with Crippen molar-refractivity contribution < 1.29 is 19.0 Å². The van der Waals surface area contributed by atoms with E-state index >= 15 is 0 Å². The number of rotatable bonds is 10. The van der Waals surface area contributed by atoms with Gasteiger partial charge in [0.1, 0.15) is 24.7 Å². The third-order valence-corrected chi connectivity index (χ3v) is 4.53. The summed E-state index contributed by atoms with van der Waals surface area (Å²) < 4.78 is 16.2. The number of carbonyl (C=O) groups excluding carboxylic acids is 1. The summed E-state index contributed by atoms with van der Waals surface area (Å²) in [5.74, 6) is 1.43. The lowest BCUT2D eigenvalue weighted by Gasteiger charge is -2.10. The second-order valence-corrected chi connectivity index (χ2v) is 6.81. The van der Waals surface area contributed by atoms with Crippen molar-refractivity contribution in [3.63, 3.8) is 0 Å². The second-order valence-electron chi connectivity index (χ2n) is 6.09. The molecule has 0 saturated carbocycles. The van der Waals surface area contributed by atoms with Crippen molar-refractivity contribution in [1.29, 1.82) is 0 Å². The normalized spacial score (nSPS) is 10.4. The predicted octanol–water partition coefficient (Wildman–Crippen LogP) is 4.07. The molecule has 2 aromatic carbocycles. The van der Waals surface area contributed by atoms with Crippen molar-refractivity contribution in [3.8, 4) is 11.5 Å². The number of amides is 2. The molecule has 0 saturated heterocycles. The molecule has 29 heavy (non-hydrogen) atoms. The molecule has 1 aromatic heterocycles. The van der Waals surface area contributed by atoms with Crippen molar-refractivity contribution in [3.05, 3.63) is 70.7 Å². The number of aromatic nitrogens is 1. The van der Waals surface area contributed by atoms with Crippen LogP contribution in [-0.2, 0) is 17.9 Å². The van der Waals surface area contributed by atoms with Crippen LogP contribution in [0.2, 0.25) is 0 Å². The van der Waals surface area contributed by atoms with Crippen LogP contribution in [0.15, 0.2) is 59.4 Å². The standard InChI is InChI=1S/C21H23N3O4S/c1-26-9-10-27-19-7-5-16(6-8-19)12-22-21(25)24-17-3-2-4-20(11-17)28-13-18-14-29-15-23-18/h2-8,11,14-15H,9-10,12-13H2,1H3,(H2,22,24,25). The third-order valence-electron chi connectivity index (χ3n) is 3.89. The molecule has 152 valence electrons. The van der Waals surface area contributed by atoms with Gasteiger partial charge in [-0.25, -0.2) is 9.78 Å². The molecule has 7 nitrogen and oxygen atoms in total. The van der Waals surface area contributed by atoms with Gasteiger partial charge in [0.05, 0.1) is 17.8 Å². The van der Waals surface area contributed by atoms with Gasteiger partial charge in [-0.15, -0.1) is 11.3 Å². The highest BCUT2D eigenvalue weighted by Crippen LogP contribution is 2.19. The van der Waals surface area contributed by atoms with Gasteiger partial charge >= 0.3 is 6.03 Å². The second kappa shape index (κ2) is 11.0. The van der Waals surface area contributed by atoms with E-state index in [0.717, 1.165) is 17.0 Å². The summed E-state index contributed by atoms with van der Waals surface area (Å²) in [6.07, 6.45) is 0. The monoisotopic (exact) mass is 413 g/mol. The van der Waals surface area contributed by atoms with Crippen molar-refractivity contribution in [2.45, 2.75) is 13.2 Å².